The minimum Gasteiger partial charge on any atom is -0.399 e. The molecule has 0 unspecified atom stereocenters. The van der Waals surface area contributed by atoms with Crippen LogP contribution in [0.15, 0.2) is 24.3 Å². The van der Waals surface area contributed by atoms with E-state index in [1.807, 2.05) is 38.1 Å². The number of sulfonamides is 1. The smallest absolute Gasteiger partial charge is 0.214 e. The van der Waals surface area contributed by atoms with Crippen molar-refractivity contribution in [2.45, 2.75) is 39.3 Å². The zero-order chi connectivity index (χ0) is 14.0. The fourth-order valence-corrected chi connectivity index (χ4v) is 4.26. The van der Waals surface area contributed by atoms with E-state index in [1.165, 1.54) is 0 Å². The summed E-state index contributed by atoms with van der Waals surface area (Å²) in [6.07, 6.45) is 2.09. The highest BCUT2D eigenvalue weighted by molar-refractivity contribution is 7.89. The second-order valence-corrected chi connectivity index (χ2v) is 7.57. The van der Waals surface area contributed by atoms with Gasteiger partial charge >= 0.3 is 0 Å². The topological polar surface area (TPSA) is 63.4 Å². The predicted octanol–water partition coefficient (Wildman–Crippen LogP) is 2.22. The molecule has 0 amide bonds. The fraction of sp³-hybridized carbons (Fsp3) is 0.571. The van der Waals surface area contributed by atoms with Crippen molar-refractivity contribution in [3.05, 3.63) is 29.8 Å². The molecule has 1 aromatic carbocycles. The Labute approximate surface area is 115 Å². The van der Waals surface area contributed by atoms with Crippen LogP contribution in [0.25, 0.3) is 0 Å². The van der Waals surface area contributed by atoms with E-state index in [0.29, 0.717) is 18.2 Å². The molecular weight excluding hydrogens is 260 g/mol. The molecule has 1 aliphatic rings. The lowest BCUT2D eigenvalue weighted by Crippen LogP contribution is -2.38. The first-order chi connectivity index (χ1) is 8.88. The van der Waals surface area contributed by atoms with Crippen LogP contribution in [0, 0.1) is 5.92 Å². The molecular formula is C14H22N2O2S. The molecule has 1 aliphatic carbocycles. The van der Waals surface area contributed by atoms with Gasteiger partial charge in [-0.05, 0) is 50.3 Å². The van der Waals surface area contributed by atoms with Gasteiger partial charge in [0, 0.05) is 18.3 Å². The Kier molecular flexibility index (Phi) is 4.16. The van der Waals surface area contributed by atoms with Gasteiger partial charge in [-0.25, -0.2) is 8.42 Å². The second kappa shape index (κ2) is 5.51. The van der Waals surface area contributed by atoms with Gasteiger partial charge < -0.3 is 5.73 Å². The lowest BCUT2D eigenvalue weighted by molar-refractivity contribution is 0.347. The van der Waals surface area contributed by atoms with Crippen LogP contribution in [0.4, 0.5) is 5.69 Å². The molecule has 0 saturated heterocycles. The molecule has 1 aromatic rings. The number of nitrogens with zero attached hydrogens (tertiary/aromatic N) is 1. The summed E-state index contributed by atoms with van der Waals surface area (Å²) in [4.78, 5) is 0. The van der Waals surface area contributed by atoms with E-state index in [2.05, 4.69) is 0 Å². The quantitative estimate of drug-likeness (QED) is 0.814. The highest BCUT2D eigenvalue weighted by Gasteiger charge is 2.33. The molecule has 5 heteroatoms. The zero-order valence-corrected chi connectivity index (χ0v) is 12.4. The van der Waals surface area contributed by atoms with Crippen molar-refractivity contribution in [1.29, 1.82) is 0 Å². The molecule has 0 heterocycles. The van der Waals surface area contributed by atoms with Crippen LogP contribution < -0.4 is 5.73 Å². The highest BCUT2D eigenvalue weighted by atomic mass is 32.2. The number of nitrogens with two attached hydrogens (primary N) is 1. The predicted molar refractivity (Wildman–Crippen MR) is 78.0 cm³/mol. The third kappa shape index (κ3) is 3.94. The van der Waals surface area contributed by atoms with Crippen LogP contribution in [-0.2, 0) is 16.6 Å². The van der Waals surface area contributed by atoms with Crippen molar-refractivity contribution in [3.63, 3.8) is 0 Å². The third-order valence-corrected chi connectivity index (χ3v) is 5.52. The van der Waals surface area contributed by atoms with E-state index in [1.54, 1.807) is 4.31 Å². The lowest BCUT2D eigenvalue weighted by Gasteiger charge is -2.26. The Morgan fingerprint density at radius 1 is 1.37 bits per heavy atom. The second-order valence-electron chi connectivity index (χ2n) is 5.61. The van der Waals surface area contributed by atoms with Gasteiger partial charge in [0.05, 0.1) is 5.75 Å². The summed E-state index contributed by atoms with van der Waals surface area (Å²) in [6, 6.07) is 7.38. The largest absolute Gasteiger partial charge is 0.399 e. The van der Waals surface area contributed by atoms with E-state index in [0.717, 1.165) is 18.4 Å². The van der Waals surface area contributed by atoms with Crippen molar-refractivity contribution < 1.29 is 8.42 Å². The summed E-state index contributed by atoms with van der Waals surface area (Å²) < 4.78 is 26.4. The van der Waals surface area contributed by atoms with Crippen LogP contribution in [0.5, 0.6) is 0 Å². The van der Waals surface area contributed by atoms with Crippen molar-refractivity contribution in [3.8, 4) is 0 Å². The molecule has 19 heavy (non-hydrogen) atoms. The van der Waals surface area contributed by atoms with Gasteiger partial charge in [-0.3, -0.25) is 0 Å². The van der Waals surface area contributed by atoms with Crippen molar-refractivity contribution in [1.82, 2.24) is 4.31 Å². The van der Waals surface area contributed by atoms with Gasteiger partial charge in [0.1, 0.15) is 0 Å². The van der Waals surface area contributed by atoms with Gasteiger partial charge in [0.25, 0.3) is 0 Å². The van der Waals surface area contributed by atoms with Crippen molar-refractivity contribution in [2.75, 3.05) is 11.5 Å². The molecule has 1 fully saturated rings. The molecule has 0 aliphatic heterocycles. The number of benzene rings is 1. The van der Waals surface area contributed by atoms with Crippen LogP contribution in [0.3, 0.4) is 0 Å². The Hall–Kier alpha value is -1.07. The van der Waals surface area contributed by atoms with Crippen molar-refractivity contribution in [2.24, 2.45) is 5.92 Å². The lowest BCUT2D eigenvalue weighted by atomic mass is 10.2. The van der Waals surface area contributed by atoms with Gasteiger partial charge in [-0.2, -0.15) is 4.31 Å². The van der Waals surface area contributed by atoms with Gasteiger partial charge in [-0.1, -0.05) is 12.1 Å². The molecule has 2 N–H and O–H groups in total. The summed E-state index contributed by atoms with van der Waals surface area (Å²) in [5, 5.41) is 0. The van der Waals surface area contributed by atoms with Gasteiger partial charge in [0.15, 0.2) is 0 Å². The fourth-order valence-electron chi connectivity index (χ4n) is 2.15. The molecule has 0 aromatic heterocycles. The summed E-state index contributed by atoms with van der Waals surface area (Å²) in [5.74, 6) is 0.653. The Bertz CT molecular complexity index is 536. The highest BCUT2D eigenvalue weighted by Crippen LogP contribution is 2.32. The van der Waals surface area contributed by atoms with Gasteiger partial charge in [-0.15, -0.1) is 0 Å². The maximum absolute atomic E-state index is 12.4. The summed E-state index contributed by atoms with van der Waals surface area (Å²) >= 11 is 0. The van der Waals surface area contributed by atoms with Gasteiger partial charge in [0.2, 0.25) is 10.0 Å². The van der Waals surface area contributed by atoms with E-state index >= 15 is 0 Å². The minimum atomic E-state index is -3.18. The number of hydrogen-bond donors (Lipinski definition) is 1. The Morgan fingerprint density at radius 2 is 2.05 bits per heavy atom. The Balaban J connectivity index is 2.15. The third-order valence-electron chi connectivity index (χ3n) is 3.37. The van der Waals surface area contributed by atoms with Crippen LogP contribution in [-0.4, -0.2) is 24.5 Å². The van der Waals surface area contributed by atoms with Crippen LogP contribution in [0.2, 0.25) is 0 Å². The standard InChI is InChI=1S/C14H22N2O2S/c1-11(2)16(19(17,18)10-12-6-7-12)9-13-4-3-5-14(15)8-13/h3-5,8,11-12H,6-7,9-10,15H2,1-2H3. The number of rotatable bonds is 6. The summed E-state index contributed by atoms with van der Waals surface area (Å²) in [6.45, 7) is 4.23. The molecule has 0 atom stereocenters. The van der Waals surface area contributed by atoms with Crippen molar-refractivity contribution >= 4 is 15.7 Å². The molecule has 4 nitrogen and oxygen atoms in total. The van der Waals surface area contributed by atoms with E-state index in [-0.39, 0.29) is 11.8 Å². The normalized spacial score (nSPS) is 16.2. The Morgan fingerprint density at radius 3 is 2.58 bits per heavy atom. The van der Waals surface area contributed by atoms with Crippen LogP contribution in [0.1, 0.15) is 32.3 Å². The van der Waals surface area contributed by atoms with E-state index in [9.17, 15) is 8.42 Å². The molecule has 0 radical (unpaired) electrons. The first kappa shape index (κ1) is 14.3. The molecule has 2 rings (SSSR count). The average molecular weight is 282 g/mol. The zero-order valence-electron chi connectivity index (χ0n) is 11.5. The number of nitrogen functional groups attached to an aromatic ring is 1. The molecule has 0 bridgehead atoms. The molecule has 1 saturated carbocycles. The monoisotopic (exact) mass is 282 g/mol. The number of hydrogen-bond acceptors (Lipinski definition) is 3. The number of anilines is 1. The minimum absolute atomic E-state index is 0.0369. The average Bonchev–Trinajstić information content (AvgIpc) is 3.08. The molecule has 0 spiro atoms. The molecule has 106 valence electrons. The van der Waals surface area contributed by atoms with E-state index < -0.39 is 10.0 Å². The summed E-state index contributed by atoms with van der Waals surface area (Å²) in [7, 11) is -3.18. The SMILES string of the molecule is CC(C)N(Cc1cccc(N)c1)S(=O)(=O)CC1CC1. The maximum Gasteiger partial charge on any atom is 0.214 e. The first-order valence-corrected chi connectivity index (χ1v) is 8.33. The first-order valence-electron chi connectivity index (χ1n) is 6.72. The maximum atomic E-state index is 12.4. The summed E-state index contributed by atoms with van der Waals surface area (Å²) in [5.41, 5.74) is 7.35. The van der Waals surface area contributed by atoms with Crippen LogP contribution >= 0.6 is 0 Å². The van der Waals surface area contributed by atoms with E-state index in [4.69, 9.17) is 5.73 Å².